The highest BCUT2D eigenvalue weighted by Crippen LogP contribution is 2.51. The number of rotatable bonds is 0. The van der Waals surface area contributed by atoms with Crippen molar-refractivity contribution in [1.29, 1.82) is 0 Å². The van der Waals surface area contributed by atoms with Crippen molar-refractivity contribution in [3.05, 3.63) is 64.8 Å². The van der Waals surface area contributed by atoms with Crippen molar-refractivity contribution in [2.75, 3.05) is 0 Å². The highest BCUT2D eigenvalue weighted by Gasteiger charge is 2.37. The number of aromatic nitrogens is 1. The lowest BCUT2D eigenvalue weighted by molar-refractivity contribution is 0.659. The summed E-state index contributed by atoms with van der Waals surface area (Å²) in [5.74, 6) is 0. The first kappa shape index (κ1) is 12.6. The van der Waals surface area contributed by atoms with E-state index < -0.39 is 0 Å². The van der Waals surface area contributed by atoms with Crippen molar-refractivity contribution in [1.82, 2.24) is 4.98 Å². The average Bonchev–Trinajstić information content (AvgIpc) is 2.68. The Morgan fingerprint density at radius 3 is 2.57 bits per heavy atom. The summed E-state index contributed by atoms with van der Waals surface area (Å²) >= 11 is 0. The molecule has 0 unspecified atom stereocenters. The van der Waals surface area contributed by atoms with Gasteiger partial charge in [-0.3, -0.25) is 4.98 Å². The maximum Gasteiger partial charge on any atom is 0.0786 e. The molecule has 1 heterocycles. The monoisotopic (exact) mass is 273 g/mol. The van der Waals surface area contributed by atoms with Crippen LogP contribution in [-0.4, -0.2) is 4.98 Å². The quantitative estimate of drug-likeness (QED) is 0.551. The molecule has 0 N–H and O–H groups in total. The third-order valence-corrected chi connectivity index (χ3v) is 4.89. The summed E-state index contributed by atoms with van der Waals surface area (Å²) in [6.45, 7) is 9.01. The minimum atomic E-state index is 0.0488. The van der Waals surface area contributed by atoms with Crippen molar-refractivity contribution in [2.45, 2.75) is 33.1 Å². The molecular formula is C20H19N. The molecule has 21 heavy (non-hydrogen) atoms. The van der Waals surface area contributed by atoms with Gasteiger partial charge in [-0.1, -0.05) is 49.7 Å². The Bertz CT molecular complexity index is 888. The lowest BCUT2D eigenvalue weighted by atomic mass is 9.81. The second kappa shape index (κ2) is 3.94. The Morgan fingerprint density at radius 1 is 0.952 bits per heavy atom. The molecule has 0 atom stereocenters. The maximum atomic E-state index is 4.70. The summed E-state index contributed by atoms with van der Waals surface area (Å²) in [6, 6.07) is 13.4. The van der Waals surface area contributed by atoms with Gasteiger partial charge in [-0.15, -0.1) is 0 Å². The zero-order valence-electron chi connectivity index (χ0n) is 13.0. The van der Waals surface area contributed by atoms with Gasteiger partial charge in [0.15, 0.2) is 0 Å². The maximum absolute atomic E-state index is 4.70. The van der Waals surface area contributed by atoms with Crippen LogP contribution in [0.1, 0.15) is 36.1 Å². The number of hydrogen-bond donors (Lipinski definition) is 0. The fraction of sp³-hybridized carbons (Fsp3) is 0.250. The van der Waals surface area contributed by atoms with Gasteiger partial charge in [0.2, 0.25) is 0 Å². The van der Waals surface area contributed by atoms with E-state index in [1.54, 1.807) is 0 Å². The van der Waals surface area contributed by atoms with Gasteiger partial charge in [0.25, 0.3) is 0 Å². The normalized spacial score (nSPS) is 15.0. The minimum absolute atomic E-state index is 0.0488. The molecule has 104 valence electrons. The van der Waals surface area contributed by atoms with Crippen LogP contribution in [0.4, 0.5) is 0 Å². The molecule has 1 aromatic heterocycles. The molecule has 4 rings (SSSR count). The molecule has 0 spiro atoms. The van der Waals surface area contributed by atoms with Crippen molar-refractivity contribution in [3.8, 4) is 11.1 Å². The van der Waals surface area contributed by atoms with Gasteiger partial charge in [0.05, 0.1) is 5.52 Å². The van der Waals surface area contributed by atoms with E-state index in [0.717, 1.165) is 5.52 Å². The number of hydrogen-bond acceptors (Lipinski definition) is 1. The summed E-state index contributed by atoms with van der Waals surface area (Å²) in [4.78, 5) is 4.70. The smallest absolute Gasteiger partial charge is 0.0786 e. The summed E-state index contributed by atoms with van der Waals surface area (Å²) in [5.41, 5.74) is 9.34. The fourth-order valence-corrected chi connectivity index (χ4v) is 3.72. The predicted octanol–water partition coefficient (Wildman–Crippen LogP) is 5.16. The van der Waals surface area contributed by atoms with Crippen LogP contribution in [0.25, 0.3) is 22.0 Å². The Balaban J connectivity index is 2.22. The van der Waals surface area contributed by atoms with E-state index in [1.807, 2.05) is 12.3 Å². The first-order valence-electron chi connectivity index (χ1n) is 7.50. The van der Waals surface area contributed by atoms with Crippen molar-refractivity contribution >= 4 is 10.9 Å². The topological polar surface area (TPSA) is 12.9 Å². The van der Waals surface area contributed by atoms with Crippen molar-refractivity contribution < 1.29 is 0 Å². The van der Waals surface area contributed by atoms with Gasteiger partial charge in [0.1, 0.15) is 0 Å². The first-order chi connectivity index (χ1) is 10.00. The van der Waals surface area contributed by atoms with Crippen LogP contribution in [0.2, 0.25) is 0 Å². The highest BCUT2D eigenvalue weighted by molar-refractivity contribution is 6.01. The Hall–Kier alpha value is -2.15. The van der Waals surface area contributed by atoms with Gasteiger partial charge in [-0.05, 0) is 42.2 Å². The molecule has 0 fully saturated rings. The summed E-state index contributed by atoms with van der Waals surface area (Å²) in [7, 11) is 0. The molecule has 0 bridgehead atoms. The second-order valence-electron chi connectivity index (χ2n) is 6.69. The van der Waals surface area contributed by atoms with Gasteiger partial charge < -0.3 is 0 Å². The van der Waals surface area contributed by atoms with Crippen molar-refractivity contribution in [2.24, 2.45) is 0 Å². The Labute approximate surface area is 125 Å². The fourth-order valence-electron chi connectivity index (χ4n) is 3.72. The molecule has 3 aromatic rings. The van der Waals surface area contributed by atoms with Gasteiger partial charge in [0, 0.05) is 22.6 Å². The van der Waals surface area contributed by atoms with Crippen LogP contribution < -0.4 is 0 Å². The zero-order valence-corrected chi connectivity index (χ0v) is 13.0. The van der Waals surface area contributed by atoms with Crippen LogP contribution >= 0.6 is 0 Å². The third-order valence-electron chi connectivity index (χ3n) is 4.89. The average molecular weight is 273 g/mol. The van der Waals surface area contributed by atoms with E-state index in [9.17, 15) is 0 Å². The van der Waals surface area contributed by atoms with Gasteiger partial charge >= 0.3 is 0 Å². The van der Waals surface area contributed by atoms with E-state index in [-0.39, 0.29) is 5.41 Å². The van der Waals surface area contributed by atoms with E-state index >= 15 is 0 Å². The lowest BCUT2D eigenvalue weighted by Crippen LogP contribution is -2.15. The molecule has 0 amide bonds. The number of aryl methyl sites for hydroxylation is 2. The Morgan fingerprint density at radius 2 is 1.76 bits per heavy atom. The molecule has 0 saturated heterocycles. The molecule has 0 aliphatic heterocycles. The molecule has 1 aliphatic carbocycles. The van der Waals surface area contributed by atoms with Gasteiger partial charge in [-0.2, -0.15) is 0 Å². The van der Waals surface area contributed by atoms with Crippen molar-refractivity contribution in [3.63, 3.8) is 0 Å². The number of benzene rings is 2. The molecule has 0 saturated carbocycles. The molecule has 1 heteroatoms. The summed E-state index contributed by atoms with van der Waals surface area (Å²) in [6.07, 6.45) is 1.90. The second-order valence-corrected chi connectivity index (χ2v) is 6.69. The van der Waals surface area contributed by atoms with Gasteiger partial charge in [-0.25, -0.2) is 0 Å². The number of nitrogens with zero attached hydrogens (tertiary/aromatic N) is 1. The zero-order chi connectivity index (χ0) is 14.8. The minimum Gasteiger partial charge on any atom is -0.256 e. The van der Waals surface area contributed by atoms with E-state index in [2.05, 4.69) is 58.0 Å². The van der Waals surface area contributed by atoms with Crippen LogP contribution in [0.15, 0.2) is 42.6 Å². The van der Waals surface area contributed by atoms with Crippen LogP contribution in [0.5, 0.6) is 0 Å². The van der Waals surface area contributed by atoms with E-state index in [4.69, 9.17) is 4.98 Å². The van der Waals surface area contributed by atoms with E-state index in [0.29, 0.717) is 0 Å². The largest absolute Gasteiger partial charge is 0.256 e. The molecule has 1 aliphatic rings. The lowest BCUT2D eigenvalue weighted by Gasteiger charge is -2.22. The number of fused-ring (bicyclic) bond motifs is 5. The summed E-state index contributed by atoms with van der Waals surface area (Å²) in [5, 5.41) is 1.26. The van der Waals surface area contributed by atoms with E-state index in [1.165, 1.54) is 38.8 Å². The first-order valence-corrected chi connectivity index (χ1v) is 7.50. The molecule has 2 aromatic carbocycles. The van der Waals surface area contributed by atoms with Crippen LogP contribution in [-0.2, 0) is 5.41 Å². The van der Waals surface area contributed by atoms with Crippen LogP contribution in [0.3, 0.4) is 0 Å². The summed E-state index contributed by atoms with van der Waals surface area (Å²) < 4.78 is 0. The standard InChI is InChI=1S/C20H19N/c1-12-7-8-15-16(10-12)20(3,4)17-11-13(2)14-6-5-9-21-19(14)18(15)17/h5-11H,1-4H3. The number of pyridine rings is 1. The predicted molar refractivity (Wildman–Crippen MR) is 88.8 cm³/mol. The van der Waals surface area contributed by atoms with Crippen LogP contribution in [0, 0.1) is 13.8 Å². The SMILES string of the molecule is Cc1ccc2c(c1)C(C)(C)c1cc(C)c3cccnc3c1-2. The third kappa shape index (κ3) is 1.55. The Kier molecular flexibility index (Phi) is 2.36. The molecule has 0 radical (unpaired) electrons. The highest BCUT2D eigenvalue weighted by atomic mass is 14.7. The molecular weight excluding hydrogens is 254 g/mol. The molecule has 1 nitrogen and oxygen atoms in total.